The molecule has 0 saturated carbocycles. The summed E-state index contributed by atoms with van der Waals surface area (Å²) in [6, 6.07) is 12.9. The number of rotatable bonds is 6. The fraction of sp³-hybridized carbons (Fsp3) is 0.476. The number of hydrogen-bond acceptors (Lipinski definition) is 3. The number of piperidine rings is 1. The molecule has 0 aliphatic carbocycles. The van der Waals surface area contributed by atoms with Gasteiger partial charge in [0.1, 0.15) is 0 Å². The van der Waals surface area contributed by atoms with Gasteiger partial charge in [0.05, 0.1) is 10.8 Å². The van der Waals surface area contributed by atoms with E-state index in [1.165, 1.54) is 4.31 Å². The summed E-state index contributed by atoms with van der Waals surface area (Å²) in [7, 11) is -3.60. The Morgan fingerprint density at radius 1 is 1.19 bits per heavy atom. The number of sulfonamides is 1. The quantitative estimate of drug-likeness (QED) is 0.825. The highest BCUT2D eigenvalue weighted by molar-refractivity contribution is 7.89. The Kier molecular flexibility index (Phi) is 6.17. The highest BCUT2D eigenvalue weighted by atomic mass is 32.2. The molecule has 0 unspecified atom stereocenters. The van der Waals surface area contributed by atoms with Crippen LogP contribution in [0.4, 0.5) is 0 Å². The summed E-state index contributed by atoms with van der Waals surface area (Å²) in [6.07, 6.45) is 2.36. The van der Waals surface area contributed by atoms with Crippen molar-refractivity contribution < 1.29 is 13.2 Å². The molecule has 1 N–H and O–H groups in total. The molecule has 0 bridgehead atoms. The summed E-state index contributed by atoms with van der Waals surface area (Å²) >= 11 is 0. The van der Waals surface area contributed by atoms with Gasteiger partial charge in [-0.3, -0.25) is 4.79 Å². The second-order valence-corrected chi connectivity index (χ2v) is 9.62. The van der Waals surface area contributed by atoms with Crippen LogP contribution in [-0.4, -0.2) is 38.3 Å². The van der Waals surface area contributed by atoms with E-state index >= 15 is 0 Å². The van der Waals surface area contributed by atoms with Crippen LogP contribution in [0.5, 0.6) is 0 Å². The van der Waals surface area contributed by atoms with E-state index in [9.17, 15) is 13.2 Å². The third-order valence-electron chi connectivity index (χ3n) is 5.13. The molecule has 6 heteroatoms. The van der Waals surface area contributed by atoms with Crippen LogP contribution in [0.1, 0.15) is 33.1 Å². The Bertz CT molecular complexity index is 909. The highest BCUT2D eigenvalue weighted by Gasteiger charge is 2.33. The molecule has 1 aliphatic heterocycles. The molecule has 0 spiro atoms. The molecule has 3 rings (SSSR count). The molecule has 5 nitrogen and oxygen atoms in total. The highest BCUT2D eigenvalue weighted by Crippen LogP contribution is 2.26. The number of carbonyl (C=O) groups is 1. The maximum Gasteiger partial charge on any atom is 0.243 e. The minimum Gasteiger partial charge on any atom is -0.356 e. The van der Waals surface area contributed by atoms with Gasteiger partial charge in [-0.1, -0.05) is 44.2 Å². The fourth-order valence-corrected chi connectivity index (χ4v) is 5.04. The van der Waals surface area contributed by atoms with E-state index in [1.807, 2.05) is 30.3 Å². The number of benzene rings is 2. The Balaban J connectivity index is 1.72. The van der Waals surface area contributed by atoms with Gasteiger partial charge in [-0.15, -0.1) is 0 Å². The summed E-state index contributed by atoms with van der Waals surface area (Å²) in [6.45, 7) is 5.59. The molecular weight excluding hydrogens is 360 g/mol. The molecule has 1 atom stereocenters. The van der Waals surface area contributed by atoms with Gasteiger partial charge < -0.3 is 5.32 Å². The zero-order valence-electron chi connectivity index (χ0n) is 16.0. The van der Waals surface area contributed by atoms with E-state index in [1.54, 1.807) is 12.1 Å². The molecule has 1 amide bonds. The van der Waals surface area contributed by atoms with Gasteiger partial charge in [-0.2, -0.15) is 4.31 Å². The molecule has 1 saturated heterocycles. The van der Waals surface area contributed by atoms with Crippen molar-refractivity contribution in [3.63, 3.8) is 0 Å². The fourth-order valence-electron chi connectivity index (χ4n) is 3.48. The van der Waals surface area contributed by atoms with E-state index in [0.717, 1.165) is 23.6 Å². The van der Waals surface area contributed by atoms with Crippen LogP contribution in [0, 0.1) is 11.8 Å². The molecule has 146 valence electrons. The average molecular weight is 389 g/mol. The molecule has 2 aromatic carbocycles. The van der Waals surface area contributed by atoms with Gasteiger partial charge in [0.25, 0.3) is 0 Å². The zero-order chi connectivity index (χ0) is 19.4. The summed E-state index contributed by atoms with van der Waals surface area (Å²) in [5.74, 6) is 0.219. The normalized spacial score (nSPS) is 18.7. The Morgan fingerprint density at radius 2 is 1.93 bits per heavy atom. The lowest BCUT2D eigenvalue weighted by molar-refractivity contribution is -0.126. The lowest BCUT2D eigenvalue weighted by atomic mass is 9.98. The van der Waals surface area contributed by atoms with Gasteiger partial charge in [0.15, 0.2) is 0 Å². The molecule has 0 aromatic heterocycles. The monoisotopic (exact) mass is 388 g/mol. The molecule has 27 heavy (non-hydrogen) atoms. The minimum atomic E-state index is -3.60. The Hall–Kier alpha value is -1.92. The second-order valence-electron chi connectivity index (χ2n) is 7.68. The largest absolute Gasteiger partial charge is 0.356 e. The average Bonchev–Trinajstić information content (AvgIpc) is 2.67. The van der Waals surface area contributed by atoms with Crippen LogP contribution >= 0.6 is 0 Å². The molecule has 0 radical (unpaired) electrons. The van der Waals surface area contributed by atoms with Gasteiger partial charge in [-0.05, 0) is 48.1 Å². The van der Waals surface area contributed by atoms with E-state index in [0.29, 0.717) is 30.3 Å². The molecule has 1 aliphatic rings. The van der Waals surface area contributed by atoms with Crippen LogP contribution < -0.4 is 5.32 Å². The smallest absolute Gasteiger partial charge is 0.243 e. The van der Waals surface area contributed by atoms with Crippen LogP contribution in [0.2, 0.25) is 0 Å². The number of nitrogens with one attached hydrogen (secondary N) is 1. The van der Waals surface area contributed by atoms with Gasteiger partial charge >= 0.3 is 0 Å². The topological polar surface area (TPSA) is 66.5 Å². The maximum atomic E-state index is 13.1. The summed E-state index contributed by atoms with van der Waals surface area (Å²) in [5.41, 5.74) is 0. The van der Waals surface area contributed by atoms with Crippen molar-refractivity contribution in [2.45, 2.75) is 38.0 Å². The van der Waals surface area contributed by atoms with E-state index in [2.05, 4.69) is 19.2 Å². The van der Waals surface area contributed by atoms with Crippen molar-refractivity contribution in [1.82, 2.24) is 9.62 Å². The van der Waals surface area contributed by atoms with Crippen molar-refractivity contribution in [3.8, 4) is 0 Å². The van der Waals surface area contributed by atoms with Crippen LogP contribution in [0.25, 0.3) is 10.8 Å². The van der Waals surface area contributed by atoms with Crippen molar-refractivity contribution in [1.29, 1.82) is 0 Å². The first kappa shape index (κ1) is 19.8. The Labute approximate surface area is 161 Å². The molecule has 1 heterocycles. The number of carbonyl (C=O) groups excluding carboxylic acids is 1. The van der Waals surface area contributed by atoms with Gasteiger partial charge in [0, 0.05) is 19.6 Å². The van der Waals surface area contributed by atoms with Crippen molar-refractivity contribution in [2.75, 3.05) is 19.6 Å². The molecular formula is C21H28N2O3S. The van der Waals surface area contributed by atoms with Crippen molar-refractivity contribution in [2.24, 2.45) is 11.8 Å². The lowest BCUT2D eigenvalue weighted by Crippen LogP contribution is -2.45. The number of nitrogens with zero attached hydrogens (tertiary/aromatic N) is 1. The van der Waals surface area contributed by atoms with Crippen molar-refractivity contribution >= 4 is 26.7 Å². The van der Waals surface area contributed by atoms with Gasteiger partial charge in [0.2, 0.25) is 15.9 Å². The van der Waals surface area contributed by atoms with Crippen LogP contribution in [0.15, 0.2) is 47.4 Å². The standard InChI is InChI=1S/C21H28N2O3S/c1-16(2)11-12-22-21(24)19-8-5-13-23(15-19)27(25,26)20-10-9-17-6-3-4-7-18(17)14-20/h3-4,6-7,9-10,14,16,19H,5,8,11-13,15H2,1-2H3,(H,22,24)/t19-/m1/s1. The van der Waals surface area contributed by atoms with Gasteiger partial charge in [-0.25, -0.2) is 8.42 Å². The first-order valence-electron chi connectivity index (χ1n) is 9.64. The second kappa shape index (κ2) is 8.40. The number of hydrogen-bond donors (Lipinski definition) is 1. The first-order valence-corrected chi connectivity index (χ1v) is 11.1. The predicted molar refractivity (Wildman–Crippen MR) is 108 cm³/mol. The minimum absolute atomic E-state index is 0.0333. The number of fused-ring (bicyclic) bond motifs is 1. The van der Waals surface area contributed by atoms with E-state index < -0.39 is 10.0 Å². The number of amides is 1. The summed E-state index contributed by atoms with van der Waals surface area (Å²) in [4.78, 5) is 12.7. The SMILES string of the molecule is CC(C)CCNC(=O)[C@@H]1CCCN(S(=O)(=O)c2ccc3ccccc3c2)C1. The lowest BCUT2D eigenvalue weighted by Gasteiger charge is -2.31. The Morgan fingerprint density at radius 3 is 2.67 bits per heavy atom. The third kappa shape index (κ3) is 4.68. The first-order chi connectivity index (χ1) is 12.9. The van der Waals surface area contributed by atoms with Crippen molar-refractivity contribution in [3.05, 3.63) is 42.5 Å². The van der Waals surface area contributed by atoms with E-state index in [4.69, 9.17) is 0 Å². The summed E-state index contributed by atoms with van der Waals surface area (Å²) in [5, 5.41) is 4.87. The van der Waals surface area contributed by atoms with Crippen LogP contribution in [-0.2, 0) is 14.8 Å². The van der Waals surface area contributed by atoms with Crippen LogP contribution in [0.3, 0.4) is 0 Å². The molecule has 1 fully saturated rings. The summed E-state index contributed by atoms with van der Waals surface area (Å²) < 4.78 is 27.7. The molecule has 2 aromatic rings. The maximum absolute atomic E-state index is 13.1. The zero-order valence-corrected chi connectivity index (χ0v) is 16.8. The van der Waals surface area contributed by atoms with E-state index in [-0.39, 0.29) is 18.4 Å². The third-order valence-corrected chi connectivity index (χ3v) is 7.00. The predicted octanol–water partition coefficient (Wildman–Crippen LogP) is 3.40.